The molecule has 3 aromatic rings. The summed E-state index contributed by atoms with van der Waals surface area (Å²) in [4.78, 5) is 10.8. The van der Waals surface area contributed by atoms with Crippen molar-refractivity contribution in [1.82, 2.24) is 0 Å². The van der Waals surface area contributed by atoms with Gasteiger partial charge in [0, 0.05) is 0 Å². The molecule has 0 spiro atoms. The van der Waals surface area contributed by atoms with Crippen LogP contribution in [0.2, 0.25) is 0 Å². The fraction of sp³-hybridized carbons (Fsp3) is 0.321. The number of carboxylic acids is 1. The van der Waals surface area contributed by atoms with E-state index < -0.39 is 24.3 Å². The van der Waals surface area contributed by atoms with Gasteiger partial charge in [-0.15, -0.1) is 0 Å². The molecular weight excluding hydrogens is 457 g/mol. The van der Waals surface area contributed by atoms with Crippen molar-refractivity contribution >= 4 is 5.97 Å². The van der Waals surface area contributed by atoms with Crippen LogP contribution in [-0.2, 0) is 11.0 Å². The van der Waals surface area contributed by atoms with Crippen LogP contribution in [0.4, 0.5) is 13.2 Å². The Hall–Kier alpha value is -3.48. The van der Waals surface area contributed by atoms with Gasteiger partial charge in [-0.3, -0.25) is 0 Å². The first kappa shape index (κ1) is 26.1. The Morgan fingerprint density at radius 3 is 2.34 bits per heavy atom. The maximum atomic E-state index is 13.0. The summed E-state index contributed by atoms with van der Waals surface area (Å²) in [6.45, 7) is 5.46. The molecule has 0 aliphatic heterocycles. The average molecular weight is 487 g/mol. The van der Waals surface area contributed by atoms with E-state index in [0.717, 1.165) is 53.6 Å². The lowest BCUT2D eigenvalue weighted by Crippen LogP contribution is -2.11. The number of rotatable bonds is 10. The van der Waals surface area contributed by atoms with Gasteiger partial charge in [-0.05, 0) is 84.8 Å². The summed E-state index contributed by atoms with van der Waals surface area (Å²) in [5.41, 5.74) is 3.57. The number of hydrogen-bond donors (Lipinski definition) is 1. The molecule has 0 aliphatic rings. The van der Waals surface area contributed by atoms with Crippen molar-refractivity contribution in [2.75, 3.05) is 6.61 Å². The number of carbonyl (C=O) groups is 1. The number of carboxylic acid groups (broad SMARTS) is 1. The van der Waals surface area contributed by atoms with Crippen molar-refractivity contribution in [2.24, 2.45) is 0 Å². The van der Waals surface area contributed by atoms with Gasteiger partial charge >= 0.3 is 12.1 Å². The van der Waals surface area contributed by atoms with Crippen LogP contribution in [0.15, 0.2) is 60.7 Å². The second-order valence-corrected chi connectivity index (χ2v) is 8.45. The van der Waals surface area contributed by atoms with E-state index in [4.69, 9.17) is 14.6 Å². The van der Waals surface area contributed by atoms with Gasteiger partial charge in [-0.2, -0.15) is 13.2 Å². The van der Waals surface area contributed by atoms with Crippen LogP contribution in [0.5, 0.6) is 11.5 Å². The Morgan fingerprint density at radius 2 is 1.74 bits per heavy atom. The van der Waals surface area contributed by atoms with Gasteiger partial charge in [-0.1, -0.05) is 43.7 Å². The smallest absolute Gasteiger partial charge is 0.416 e. The summed E-state index contributed by atoms with van der Waals surface area (Å²) in [6.07, 6.45) is -1.94. The van der Waals surface area contributed by atoms with E-state index in [9.17, 15) is 18.0 Å². The topological polar surface area (TPSA) is 55.8 Å². The SMILES string of the molecule is CCCCC(Oc1ccc(OCC(=O)O)c(C)c1)c1cccc(-c2ccc(C(F)(F)F)cc2)c1C. The zero-order valence-corrected chi connectivity index (χ0v) is 20.0. The Morgan fingerprint density at radius 1 is 1.03 bits per heavy atom. The van der Waals surface area contributed by atoms with E-state index in [2.05, 4.69) is 6.92 Å². The molecule has 186 valence electrons. The lowest BCUT2D eigenvalue weighted by molar-refractivity contribution is -0.139. The maximum absolute atomic E-state index is 13.0. The van der Waals surface area contributed by atoms with E-state index in [-0.39, 0.29) is 6.10 Å². The lowest BCUT2D eigenvalue weighted by atomic mass is 9.91. The molecule has 1 N–H and O–H groups in total. The minimum absolute atomic E-state index is 0.255. The van der Waals surface area contributed by atoms with Gasteiger partial charge in [0.25, 0.3) is 0 Å². The Labute approximate surface area is 203 Å². The predicted molar refractivity (Wildman–Crippen MR) is 129 cm³/mol. The summed E-state index contributed by atoms with van der Waals surface area (Å²) in [5, 5.41) is 8.83. The van der Waals surface area contributed by atoms with Crippen molar-refractivity contribution in [3.63, 3.8) is 0 Å². The second kappa shape index (κ2) is 11.3. The van der Waals surface area contributed by atoms with Gasteiger partial charge in [-0.25, -0.2) is 4.79 Å². The summed E-state index contributed by atoms with van der Waals surface area (Å²) < 4.78 is 50.6. The Balaban J connectivity index is 1.89. The molecule has 35 heavy (non-hydrogen) atoms. The third kappa shape index (κ3) is 6.78. The first-order valence-electron chi connectivity index (χ1n) is 11.5. The zero-order chi connectivity index (χ0) is 25.6. The van der Waals surface area contributed by atoms with Crippen LogP contribution in [0, 0.1) is 13.8 Å². The largest absolute Gasteiger partial charge is 0.486 e. The molecule has 0 aliphatic carbocycles. The van der Waals surface area contributed by atoms with E-state index >= 15 is 0 Å². The molecule has 1 atom stereocenters. The highest BCUT2D eigenvalue weighted by Gasteiger charge is 2.30. The zero-order valence-electron chi connectivity index (χ0n) is 20.0. The summed E-state index contributed by atoms with van der Waals surface area (Å²) >= 11 is 0. The van der Waals surface area contributed by atoms with Crippen molar-refractivity contribution in [2.45, 2.75) is 52.3 Å². The van der Waals surface area contributed by atoms with Crippen molar-refractivity contribution in [3.8, 4) is 22.6 Å². The van der Waals surface area contributed by atoms with Gasteiger partial charge in [0.2, 0.25) is 0 Å². The van der Waals surface area contributed by atoms with E-state index in [1.54, 1.807) is 12.1 Å². The standard InChI is InChI=1S/C28H29F3O4/c1-4-5-9-26(35-22-14-15-25(18(2)16-22)34-17-27(32)33)24-8-6-7-23(19(24)3)20-10-12-21(13-11-20)28(29,30)31/h6-8,10-16,26H,4-5,9,17H2,1-3H3,(H,32,33). The highest BCUT2D eigenvalue weighted by Crippen LogP contribution is 2.36. The van der Waals surface area contributed by atoms with Crippen molar-refractivity contribution in [3.05, 3.63) is 82.9 Å². The number of halogens is 3. The number of aryl methyl sites for hydroxylation is 1. The van der Waals surface area contributed by atoms with Crippen LogP contribution in [0.3, 0.4) is 0 Å². The number of unbranched alkanes of at least 4 members (excludes halogenated alkanes) is 1. The van der Waals surface area contributed by atoms with E-state index in [1.165, 1.54) is 12.1 Å². The number of benzene rings is 3. The molecule has 0 fully saturated rings. The normalized spacial score (nSPS) is 12.3. The Bertz CT molecular complexity index is 1150. The van der Waals surface area contributed by atoms with Crippen molar-refractivity contribution < 1.29 is 32.5 Å². The molecule has 0 aromatic heterocycles. The molecule has 1 unspecified atom stereocenters. The van der Waals surface area contributed by atoms with Gasteiger partial charge in [0.05, 0.1) is 5.56 Å². The molecule has 0 saturated heterocycles. The van der Waals surface area contributed by atoms with Crippen LogP contribution in [0.25, 0.3) is 11.1 Å². The van der Waals surface area contributed by atoms with E-state index in [1.807, 2.05) is 38.1 Å². The first-order chi connectivity index (χ1) is 16.6. The quantitative estimate of drug-likeness (QED) is 0.318. The highest BCUT2D eigenvalue weighted by molar-refractivity contribution is 5.69. The molecular formula is C28H29F3O4. The number of hydrogen-bond acceptors (Lipinski definition) is 3. The summed E-state index contributed by atoms with van der Waals surface area (Å²) in [5.74, 6) is 0.0590. The van der Waals surface area contributed by atoms with Crippen LogP contribution in [-0.4, -0.2) is 17.7 Å². The molecule has 0 radical (unpaired) electrons. The van der Waals surface area contributed by atoms with Crippen LogP contribution < -0.4 is 9.47 Å². The highest BCUT2D eigenvalue weighted by atomic mass is 19.4. The maximum Gasteiger partial charge on any atom is 0.416 e. The first-order valence-corrected chi connectivity index (χ1v) is 11.5. The fourth-order valence-electron chi connectivity index (χ4n) is 3.98. The minimum atomic E-state index is -4.37. The number of alkyl halides is 3. The molecule has 0 saturated carbocycles. The van der Waals surface area contributed by atoms with Crippen molar-refractivity contribution in [1.29, 1.82) is 0 Å². The van der Waals surface area contributed by atoms with Crippen LogP contribution >= 0.6 is 0 Å². The van der Waals surface area contributed by atoms with Gasteiger partial charge < -0.3 is 14.6 Å². The van der Waals surface area contributed by atoms with E-state index in [0.29, 0.717) is 17.1 Å². The predicted octanol–water partition coefficient (Wildman–Crippen LogP) is 7.76. The molecule has 0 heterocycles. The number of ether oxygens (including phenoxy) is 2. The third-order valence-corrected chi connectivity index (χ3v) is 5.84. The molecule has 7 heteroatoms. The lowest BCUT2D eigenvalue weighted by Gasteiger charge is -2.23. The molecule has 3 aromatic carbocycles. The third-order valence-electron chi connectivity index (χ3n) is 5.84. The number of aliphatic carboxylic acids is 1. The monoisotopic (exact) mass is 486 g/mol. The average Bonchev–Trinajstić information content (AvgIpc) is 2.81. The molecule has 3 rings (SSSR count). The summed E-state index contributed by atoms with van der Waals surface area (Å²) in [6, 6.07) is 16.2. The minimum Gasteiger partial charge on any atom is -0.486 e. The Kier molecular flexibility index (Phi) is 8.43. The summed E-state index contributed by atoms with van der Waals surface area (Å²) in [7, 11) is 0. The molecule has 0 bridgehead atoms. The van der Waals surface area contributed by atoms with Crippen LogP contribution in [0.1, 0.15) is 54.5 Å². The van der Waals surface area contributed by atoms with Gasteiger partial charge in [0.15, 0.2) is 6.61 Å². The second-order valence-electron chi connectivity index (χ2n) is 8.45. The fourth-order valence-corrected chi connectivity index (χ4v) is 3.98. The molecule has 4 nitrogen and oxygen atoms in total. The molecule has 0 amide bonds. The van der Waals surface area contributed by atoms with Gasteiger partial charge in [0.1, 0.15) is 17.6 Å².